The summed E-state index contributed by atoms with van der Waals surface area (Å²) in [4.78, 5) is 35.3. The first-order valence-corrected chi connectivity index (χ1v) is 12.0. The summed E-state index contributed by atoms with van der Waals surface area (Å²) in [5, 5.41) is 0. The highest BCUT2D eigenvalue weighted by Crippen LogP contribution is 2.29. The molecule has 0 spiro atoms. The van der Waals surface area contributed by atoms with Crippen molar-refractivity contribution >= 4 is 24.0 Å². The Morgan fingerprint density at radius 3 is 2.09 bits per heavy atom. The second-order valence-electron chi connectivity index (χ2n) is 8.71. The van der Waals surface area contributed by atoms with Crippen LogP contribution in [0.25, 0.3) is 6.08 Å². The lowest BCUT2D eigenvalue weighted by Gasteiger charge is -2.27. The summed E-state index contributed by atoms with van der Waals surface area (Å²) in [6, 6.07) is 16.7. The molecule has 1 aliphatic carbocycles. The minimum atomic E-state index is -0.447. The molecule has 1 fully saturated rings. The van der Waals surface area contributed by atoms with Crippen LogP contribution in [0.4, 0.5) is 0 Å². The SMILES string of the molecule is C=CC(=O)OCC1CCC(COC(=O)CCc2ccc(OC(=O)C=Cc3ccccc3)cc2)CC1. The van der Waals surface area contributed by atoms with Crippen molar-refractivity contribution in [2.24, 2.45) is 11.8 Å². The van der Waals surface area contributed by atoms with Gasteiger partial charge in [0.2, 0.25) is 0 Å². The Labute approximate surface area is 206 Å². The monoisotopic (exact) mass is 476 g/mol. The van der Waals surface area contributed by atoms with Crippen molar-refractivity contribution in [3.05, 3.63) is 84.5 Å². The van der Waals surface area contributed by atoms with Crippen molar-refractivity contribution in [2.45, 2.75) is 38.5 Å². The second kappa shape index (κ2) is 13.9. The molecule has 0 bridgehead atoms. The van der Waals surface area contributed by atoms with Crippen molar-refractivity contribution in [1.29, 1.82) is 0 Å². The van der Waals surface area contributed by atoms with E-state index in [4.69, 9.17) is 14.2 Å². The molecule has 1 aliphatic rings. The van der Waals surface area contributed by atoms with Crippen LogP contribution in [0.15, 0.2) is 73.3 Å². The molecule has 0 unspecified atom stereocenters. The highest BCUT2D eigenvalue weighted by Gasteiger charge is 2.23. The molecule has 0 heterocycles. The molecule has 35 heavy (non-hydrogen) atoms. The van der Waals surface area contributed by atoms with Gasteiger partial charge in [-0.15, -0.1) is 0 Å². The third-order valence-electron chi connectivity index (χ3n) is 6.05. The van der Waals surface area contributed by atoms with Crippen LogP contribution < -0.4 is 4.74 Å². The van der Waals surface area contributed by atoms with Crippen molar-refractivity contribution < 1.29 is 28.6 Å². The summed E-state index contributed by atoms with van der Waals surface area (Å²) in [6.45, 7) is 4.26. The third-order valence-corrected chi connectivity index (χ3v) is 6.05. The minimum absolute atomic E-state index is 0.214. The standard InChI is InChI=1S/C29H32O6/c1-2-27(30)33-20-24-8-10-25(11-9-24)21-34-28(31)18-14-23-12-16-26(17-13-23)35-29(32)19-15-22-6-4-3-5-7-22/h2-7,12-13,15-17,19,24-25H,1,8-11,14,18,20-21H2. The fraction of sp³-hybridized carbons (Fsp3) is 0.345. The average Bonchev–Trinajstić information content (AvgIpc) is 2.90. The summed E-state index contributed by atoms with van der Waals surface area (Å²) in [6.07, 6.45) is 8.98. The fourth-order valence-corrected chi connectivity index (χ4v) is 3.96. The van der Waals surface area contributed by atoms with Crippen LogP contribution in [0.5, 0.6) is 5.75 Å². The third kappa shape index (κ3) is 9.61. The quantitative estimate of drug-likeness (QED) is 0.248. The minimum Gasteiger partial charge on any atom is -0.465 e. The lowest BCUT2D eigenvalue weighted by atomic mass is 9.83. The molecule has 2 aromatic rings. The van der Waals surface area contributed by atoms with Crippen LogP contribution in [0.2, 0.25) is 0 Å². The topological polar surface area (TPSA) is 78.9 Å². The van der Waals surface area contributed by atoms with Crippen LogP contribution in [0.1, 0.15) is 43.2 Å². The van der Waals surface area contributed by atoms with Gasteiger partial charge in [-0.1, -0.05) is 49.0 Å². The molecule has 184 valence electrons. The first-order valence-electron chi connectivity index (χ1n) is 12.0. The molecule has 0 N–H and O–H groups in total. The largest absolute Gasteiger partial charge is 0.465 e. The number of hydrogen-bond acceptors (Lipinski definition) is 6. The number of ether oxygens (including phenoxy) is 3. The fourth-order valence-electron chi connectivity index (χ4n) is 3.96. The Balaban J connectivity index is 1.31. The number of carbonyl (C=O) groups is 3. The molecule has 0 radical (unpaired) electrons. The van der Waals surface area contributed by atoms with E-state index in [0.717, 1.165) is 36.8 Å². The number of esters is 3. The Kier molecular flexibility index (Phi) is 10.3. The summed E-state index contributed by atoms with van der Waals surface area (Å²) in [7, 11) is 0. The summed E-state index contributed by atoms with van der Waals surface area (Å²) in [5.74, 6) is 0.135. The van der Waals surface area contributed by atoms with E-state index in [1.807, 2.05) is 42.5 Å². The highest BCUT2D eigenvalue weighted by atomic mass is 16.5. The number of carbonyl (C=O) groups excluding carboxylic acids is 3. The molecule has 0 amide bonds. The Morgan fingerprint density at radius 2 is 1.46 bits per heavy atom. The summed E-state index contributed by atoms with van der Waals surface area (Å²) < 4.78 is 15.9. The molecule has 0 aliphatic heterocycles. The Bertz CT molecular complexity index is 1000. The highest BCUT2D eigenvalue weighted by molar-refractivity contribution is 5.88. The van der Waals surface area contributed by atoms with Gasteiger partial charge in [0, 0.05) is 18.6 Å². The molecule has 2 aromatic carbocycles. The van der Waals surface area contributed by atoms with E-state index >= 15 is 0 Å². The molecule has 0 aromatic heterocycles. The van der Waals surface area contributed by atoms with E-state index in [1.165, 1.54) is 12.2 Å². The summed E-state index contributed by atoms with van der Waals surface area (Å²) >= 11 is 0. The maximum absolute atomic E-state index is 12.2. The molecule has 3 rings (SSSR count). The Morgan fingerprint density at radius 1 is 0.829 bits per heavy atom. The smallest absolute Gasteiger partial charge is 0.336 e. The van der Waals surface area contributed by atoms with Gasteiger partial charge in [-0.3, -0.25) is 4.79 Å². The van der Waals surface area contributed by atoms with Gasteiger partial charge >= 0.3 is 17.9 Å². The molecular formula is C29H32O6. The van der Waals surface area contributed by atoms with Gasteiger partial charge in [-0.2, -0.15) is 0 Å². The van der Waals surface area contributed by atoms with Gasteiger partial charge < -0.3 is 14.2 Å². The Hall–Kier alpha value is -3.67. The van der Waals surface area contributed by atoms with Crippen LogP contribution in [0.3, 0.4) is 0 Å². The van der Waals surface area contributed by atoms with Crippen LogP contribution >= 0.6 is 0 Å². The number of rotatable bonds is 11. The van der Waals surface area contributed by atoms with E-state index < -0.39 is 5.97 Å². The molecule has 0 atom stereocenters. The maximum atomic E-state index is 12.2. The average molecular weight is 477 g/mol. The predicted molar refractivity (Wildman–Crippen MR) is 133 cm³/mol. The maximum Gasteiger partial charge on any atom is 0.336 e. The van der Waals surface area contributed by atoms with E-state index in [9.17, 15) is 14.4 Å². The van der Waals surface area contributed by atoms with Gasteiger partial charge in [0.25, 0.3) is 0 Å². The number of aryl methyl sites for hydroxylation is 1. The van der Waals surface area contributed by atoms with Gasteiger partial charge in [-0.05, 0) is 73.3 Å². The van der Waals surface area contributed by atoms with E-state index in [-0.39, 0.29) is 11.9 Å². The van der Waals surface area contributed by atoms with E-state index in [0.29, 0.717) is 43.6 Å². The van der Waals surface area contributed by atoms with Crippen LogP contribution in [0, 0.1) is 11.8 Å². The zero-order valence-electron chi connectivity index (χ0n) is 19.9. The molecule has 6 nitrogen and oxygen atoms in total. The number of benzene rings is 2. The van der Waals surface area contributed by atoms with Crippen molar-refractivity contribution in [2.75, 3.05) is 13.2 Å². The van der Waals surface area contributed by atoms with Gasteiger partial charge in [-0.25, -0.2) is 9.59 Å². The first-order chi connectivity index (χ1) is 17.0. The van der Waals surface area contributed by atoms with Crippen LogP contribution in [-0.2, 0) is 30.3 Å². The van der Waals surface area contributed by atoms with E-state index in [1.54, 1.807) is 18.2 Å². The zero-order chi connectivity index (χ0) is 24.9. The van der Waals surface area contributed by atoms with Crippen LogP contribution in [-0.4, -0.2) is 31.1 Å². The van der Waals surface area contributed by atoms with Gasteiger partial charge in [0.15, 0.2) is 0 Å². The zero-order valence-corrected chi connectivity index (χ0v) is 19.9. The van der Waals surface area contributed by atoms with Crippen molar-refractivity contribution in [3.63, 3.8) is 0 Å². The lowest BCUT2D eigenvalue weighted by Crippen LogP contribution is -2.23. The predicted octanol–water partition coefficient (Wildman–Crippen LogP) is 5.32. The summed E-state index contributed by atoms with van der Waals surface area (Å²) in [5.41, 5.74) is 1.89. The second-order valence-corrected chi connectivity index (χ2v) is 8.71. The van der Waals surface area contributed by atoms with Gasteiger partial charge in [0.05, 0.1) is 13.2 Å². The molecule has 1 saturated carbocycles. The molecule has 6 heteroatoms. The van der Waals surface area contributed by atoms with Crippen molar-refractivity contribution in [1.82, 2.24) is 0 Å². The first kappa shape index (κ1) is 25.9. The van der Waals surface area contributed by atoms with Crippen molar-refractivity contribution in [3.8, 4) is 5.75 Å². The number of hydrogen-bond donors (Lipinski definition) is 0. The normalized spacial score (nSPS) is 17.5. The molecule has 0 saturated heterocycles. The van der Waals surface area contributed by atoms with Gasteiger partial charge in [0.1, 0.15) is 5.75 Å². The van der Waals surface area contributed by atoms with E-state index in [2.05, 4.69) is 6.58 Å². The lowest BCUT2D eigenvalue weighted by molar-refractivity contribution is -0.146. The molecular weight excluding hydrogens is 444 g/mol.